The highest BCUT2D eigenvalue weighted by Crippen LogP contribution is 2.05. The molecular formula is C12H15FN2O2. The number of halogens is 1. The van der Waals surface area contributed by atoms with Gasteiger partial charge in [-0.15, -0.1) is 0 Å². The summed E-state index contributed by atoms with van der Waals surface area (Å²) < 4.78 is 13.2. The summed E-state index contributed by atoms with van der Waals surface area (Å²) in [6.07, 6.45) is 0.826. The van der Waals surface area contributed by atoms with E-state index in [2.05, 4.69) is 10.6 Å². The lowest BCUT2D eigenvalue weighted by molar-refractivity contribution is -0.120. The molecule has 17 heavy (non-hydrogen) atoms. The predicted molar refractivity (Wildman–Crippen MR) is 62.0 cm³/mol. The van der Waals surface area contributed by atoms with Gasteiger partial charge in [0.25, 0.3) is 5.91 Å². The van der Waals surface area contributed by atoms with Crippen molar-refractivity contribution in [2.24, 2.45) is 0 Å². The Kier molecular flexibility index (Phi) is 5.13. The fourth-order valence-corrected chi connectivity index (χ4v) is 1.23. The number of hydrogen-bond donors (Lipinski definition) is 2. The van der Waals surface area contributed by atoms with E-state index in [9.17, 15) is 14.0 Å². The van der Waals surface area contributed by atoms with Crippen LogP contribution < -0.4 is 10.6 Å². The molecule has 0 aromatic heterocycles. The van der Waals surface area contributed by atoms with Crippen LogP contribution >= 0.6 is 0 Å². The van der Waals surface area contributed by atoms with Crippen LogP contribution in [0.1, 0.15) is 23.7 Å². The normalized spacial score (nSPS) is 9.76. The Labute approximate surface area is 99.2 Å². The number of carbonyl (C=O) groups excluding carboxylic acids is 2. The SMILES string of the molecule is CCCNC(=O)CNC(=O)c1ccccc1F. The molecule has 0 aliphatic heterocycles. The van der Waals surface area contributed by atoms with Crippen LogP contribution in [0.4, 0.5) is 4.39 Å². The second-order valence-electron chi connectivity index (χ2n) is 3.51. The zero-order valence-electron chi connectivity index (χ0n) is 9.63. The van der Waals surface area contributed by atoms with E-state index < -0.39 is 11.7 Å². The predicted octanol–water partition coefficient (Wildman–Crippen LogP) is 1.08. The molecule has 0 aliphatic rings. The maximum absolute atomic E-state index is 13.2. The molecule has 92 valence electrons. The highest BCUT2D eigenvalue weighted by Gasteiger charge is 2.11. The Hall–Kier alpha value is -1.91. The molecule has 0 unspecified atom stereocenters. The van der Waals surface area contributed by atoms with Crippen molar-refractivity contribution in [1.29, 1.82) is 0 Å². The third kappa shape index (κ3) is 4.22. The first kappa shape index (κ1) is 13.2. The van der Waals surface area contributed by atoms with E-state index in [0.29, 0.717) is 6.54 Å². The van der Waals surface area contributed by atoms with Crippen molar-refractivity contribution in [2.45, 2.75) is 13.3 Å². The van der Waals surface area contributed by atoms with Gasteiger partial charge in [-0.25, -0.2) is 4.39 Å². The molecule has 1 aromatic carbocycles. The summed E-state index contributed by atoms with van der Waals surface area (Å²) >= 11 is 0. The highest BCUT2D eigenvalue weighted by atomic mass is 19.1. The lowest BCUT2D eigenvalue weighted by Gasteiger charge is -2.06. The van der Waals surface area contributed by atoms with Crippen LogP contribution in [0.5, 0.6) is 0 Å². The minimum absolute atomic E-state index is 0.0595. The van der Waals surface area contributed by atoms with Crippen molar-refractivity contribution in [3.05, 3.63) is 35.6 Å². The Morgan fingerprint density at radius 2 is 1.94 bits per heavy atom. The van der Waals surface area contributed by atoms with Gasteiger partial charge in [0.1, 0.15) is 5.82 Å². The van der Waals surface area contributed by atoms with Crippen molar-refractivity contribution in [1.82, 2.24) is 10.6 Å². The molecule has 0 atom stereocenters. The van der Waals surface area contributed by atoms with Gasteiger partial charge in [0.2, 0.25) is 5.91 Å². The van der Waals surface area contributed by atoms with Gasteiger partial charge in [0.15, 0.2) is 0 Å². The maximum Gasteiger partial charge on any atom is 0.254 e. The van der Waals surface area contributed by atoms with E-state index in [1.165, 1.54) is 18.2 Å². The van der Waals surface area contributed by atoms with Crippen molar-refractivity contribution in [3.63, 3.8) is 0 Å². The average Bonchev–Trinajstić information content (AvgIpc) is 2.34. The Morgan fingerprint density at radius 3 is 2.59 bits per heavy atom. The standard InChI is InChI=1S/C12H15FN2O2/c1-2-7-14-11(16)8-15-12(17)9-5-3-4-6-10(9)13/h3-6H,2,7-8H2,1H3,(H,14,16)(H,15,17). The van der Waals surface area contributed by atoms with Crippen LogP contribution in [0, 0.1) is 5.82 Å². The third-order valence-corrected chi connectivity index (χ3v) is 2.10. The smallest absolute Gasteiger partial charge is 0.254 e. The number of amides is 2. The number of hydrogen-bond acceptors (Lipinski definition) is 2. The second kappa shape index (κ2) is 6.62. The monoisotopic (exact) mass is 238 g/mol. The number of carbonyl (C=O) groups is 2. The summed E-state index contributed by atoms with van der Waals surface area (Å²) in [6, 6.07) is 5.63. The fraction of sp³-hybridized carbons (Fsp3) is 0.333. The summed E-state index contributed by atoms with van der Waals surface area (Å²) in [5.41, 5.74) is -0.0595. The van der Waals surface area contributed by atoms with Crippen LogP contribution in [-0.2, 0) is 4.79 Å². The molecule has 4 nitrogen and oxygen atoms in total. The largest absolute Gasteiger partial charge is 0.355 e. The molecule has 0 bridgehead atoms. The first-order valence-electron chi connectivity index (χ1n) is 5.44. The van der Waals surface area contributed by atoms with Gasteiger partial charge in [0, 0.05) is 6.54 Å². The summed E-state index contributed by atoms with van der Waals surface area (Å²) in [5.74, 6) is -1.47. The molecule has 0 saturated heterocycles. The second-order valence-corrected chi connectivity index (χ2v) is 3.51. The fourth-order valence-electron chi connectivity index (χ4n) is 1.23. The van der Waals surface area contributed by atoms with E-state index >= 15 is 0 Å². The molecule has 2 N–H and O–H groups in total. The van der Waals surface area contributed by atoms with Gasteiger partial charge in [-0.1, -0.05) is 19.1 Å². The molecule has 5 heteroatoms. The van der Waals surface area contributed by atoms with Crippen molar-refractivity contribution in [2.75, 3.05) is 13.1 Å². The zero-order valence-corrected chi connectivity index (χ0v) is 9.63. The molecule has 0 fully saturated rings. The summed E-state index contributed by atoms with van der Waals surface area (Å²) in [4.78, 5) is 22.7. The van der Waals surface area contributed by atoms with E-state index in [0.717, 1.165) is 6.42 Å². The maximum atomic E-state index is 13.2. The molecule has 0 radical (unpaired) electrons. The lowest BCUT2D eigenvalue weighted by atomic mass is 10.2. The molecular weight excluding hydrogens is 223 g/mol. The zero-order chi connectivity index (χ0) is 12.7. The number of nitrogens with one attached hydrogen (secondary N) is 2. The van der Waals surface area contributed by atoms with Gasteiger partial charge >= 0.3 is 0 Å². The van der Waals surface area contributed by atoms with E-state index in [-0.39, 0.29) is 18.0 Å². The molecule has 1 aromatic rings. The topological polar surface area (TPSA) is 58.2 Å². The molecule has 0 heterocycles. The Balaban J connectivity index is 2.45. The van der Waals surface area contributed by atoms with Crippen LogP contribution in [-0.4, -0.2) is 24.9 Å². The van der Waals surface area contributed by atoms with Gasteiger partial charge in [-0.05, 0) is 18.6 Å². The van der Waals surface area contributed by atoms with Crippen LogP contribution in [0.25, 0.3) is 0 Å². The lowest BCUT2D eigenvalue weighted by Crippen LogP contribution is -2.37. The third-order valence-electron chi connectivity index (χ3n) is 2.10. The quantitative estimate of drug-likeness (QED) is 0.806. The summed E-state index contributed by atoms with van der Waals surface area (Å²) in [6.45, 7) is 2.35. The van der Waals surface area contributed by atoms with Crippen molar-refractivity contribution < 1.29 is 14.0 Å². The number of rotatable bonds is 5. The van der Waals surface area contributed by atoms with Crippen molar-refractivity contribution >= 4 is 11.8 Å². The van der Waals surface area contributed by atoms with Crippen LogP contribution in [0.2, 0.25) is 0 Å². The first-order chi connectivity index (χ1) is 8.15. The van der Waals surface area contributed by atoms with E-state index in [4.69, 9.17) is 0 Å². The van der Waals surface area contributed by atoms with Gasteiger partial charge in [-0.2, -0.15) is 0 Å². The molecule has 0 aliphatic carbocycles. The highest BCUT2D eigenvalue weighted by molar-refractivity contribution is 5.96. The van der Waals surface area contributed by atoms with E-state index in [1.807, 2.05) is 6.92 Å². The van der Waals surface area contributed by atoms with E-state index in [1.54, 1.807) is 6.07 Å². The summed E-state index contributed by atoms with van der Waals surface area (Å²) in [7, 11) is 0. The molecule has 0 saturated carbocycles. The summed E-state index contributed by atoms with van der Waals surface area (Å²) in [5, 5.41) is 4.96. The van der Waals surface area contributed by atoms with Gasteiger partial charge in [0.05, 0.1) is 12.1 Å². The van der Waals surface area contributed by atoms with Crippen LogP contribution in [0.3, 0.4) is 0 Å². The minimum Gasteiger partial charge on any atom is -0.355 e. The first-order valence-corrected chi connectivity index (χ1v) is 5.44. The Morgan fingerprint density at radius 1 is 1.24 bits per heavy atom. The minimum atomic E-state index is -0.598. The van der Waals surface area contributed by atoms with Crippen LogP contribution in [0.15, 0.2) is 24.3 Å². The number of benzene rings is 1. The van der Waals surface area contributed by atoms with Gasteiger partial charge < -0.3 is 10.6 Å². The van der Waals surface area contributed by atoms with Crippen molar-refractivity contribution in [3.8, 4) is 0 Å². The molecule has 0 spiro atoms. The molecule has 2 amide bonds. The van der Waals surface area contributed by atoms with Gasteiger partial charge in [-0.3, -0.25) is 9.59 Å². The molecule has 1 rings (SSSR count). The average molecular weight is 238 g/mol. The Bertz CT molecular complexity index is 407.